The Balaban J connectivity index is 2.28. The van der Waals surface area contributed by atoms with E-state index in [0.717, 1.165) is 32.1 Å². The number of Topliss-reactive ketones (excluding diaryl/α,β-unsaturated/α-hetero) is 1. The Morgan fingerprint density at radius 1 is 0.955 bits per heavy atom. The monoisotopic (exact) mass is 641 g/mol. The van der Waals surface area contributed by atoms with Crippen LogP contribution >= 0.6 is 0 Å². The number of sulfone groups is 1. The van der Waals surface area contributed by atoms with E-state index in [-0.39, 0.29) is 18.2 Å². The van der Waals surface area contributed by atoms with Gasteiger partial charge in [-0.25, -0.2) is 13.2 Å². The quantitative estimate of drug-likeness (QED) is 0.210. The molecule has 0 aromatic carbocycles. The minimum absolute atomic E-state index is 0.198. The molecule has 252 valence electrons. The van der Waals surface area contributed by atoms with Crippen molar-refractivity contribution in [2.45, 2.75) is 142 Å². The van der Waals surface area contributed by atoms with Crippen LogP contribution in [0.5, 0.6) is 0 Å². The van der Waals surface area contributed by atoms with E-state index < -0.39 is 73.2 Å². The van der Waals surface area contributed by atoms with E-state index in [1.165, 1.54) is 4.90 Å². The zero-order valence-electron chi connectivity index (χ0n) is 27.9. The molecule has 12 nitrogen and oxygen atoms in total. The van der Waals surface area contributed by atoms with Crippen LogP contribution in [0.25, 0.3) is 0 Å². The minimum Gasteiger partial charge on any atom is -0.363 e. The third-order valence-electron chi connectivity index (χ3n) is 8.71. The van der Waals surface area contributed by atoms with Gasteiger partial charge in [0, 0.05) is 6.54 Å². The molecule has 5 N–H and O–H groups in total. The van der Waals surface area contributed by atoms with Crippen LogP contribution in [0.3, 0.4) is 0 Å². The summed E-state index contributed by atoms with van der Waals surface area (Å²) in [7, 11) is -3.56. The normalized spacial score (nSPS) is 19.2. The molecule has 5 amide bonds. The summed E-state index contributed by atoms with van der Waals surface area (Å²) in [6, 6.07) is -3.78. The lowest BCUT2D eigenvalue weighted by Gasteiger charge is -2.41. The van der Waals surface area contributed by atoms with Crippen LogP contribution in [0.2, 0.25) is 0 Å². The Labute approximate surface area is 263 Å². The zero-order chi connectivity index (χ0) is 33.7. The fourth-order valence-electron chi connectivity index (χ4n) is 5.60. The molecule has 0 bridgehead atoms. The van der Waals surface area contributed by atoms with Crippen molar-refractivity contribution in [3.63, 3.8) is 0 Å². The van der Waals surface area contributed by atoms with Gasteiger partial charge in [0.25, 0.3) is 5.91 Å². The standard InChI is InChI=1S/C31H55N5O7S/c1-9-17-36(20(2)26(39)33-22(18-21-13-14-21)23(37)25(32)38)27(40)24(29(3,4)5)34-28(41)35-31(15-11-10-12-16-31)19-44(42,43)30(6,7)8/h20-22,24H,9-19H2,1-8H3,(H2,32,38)(H,33,39)(H2,34,35,41)/t20-,22?,24+/m0/s1. The number of nitrogens with two attached hydrogens (primary N) is 1. The third kappa shape index (κ3) is 10.2. The van der Waals surface area contributed by atoms with Gasteiger partial charge in [-0.15, -0.1) is 0 Å². The lowest BCUT2D eigenvalue weighted by Crippen LogP contribution is -2.64. The molecule has 0 heterocycles. The van der Waals surface area contributed by atoms with E-state index in [9.17, 15) is 32.4 Å². The molecule has 2 aliphatic carbocycles. The van der Waals surface area contributed by atoms with E-state index in [1.807, 2.05) is 6.92 Å². The molecule has 13 heteroatoms. The van der Waals surface area contributed by atoms with Crippen molar-refractivity contribution in [3.8, 4) is 0 Å². The smallest absolute Gasteiger partial charge is 0.315 e. The van der Waals surface area contributed by atoms with Crippen molar-refractivity contribution < 1.29 is 32.4 Å². The van der Waals surface area contributed by atoms with Gasteiger partial charge < -0.3 is 26.6 Å². The fourth-order valence-corrected chi connectivity index (χ4v) is 7.12. The van der Waals surface area contributed by atoms with E-state index in [0.29, 0.717) is 25.7 Å². The average molecular weight is 642 g/mol. The number of carbonyl (C=O) groups is 5. The van der Waals surface area contributed by atoms with Gasteiger partial charge >= 0.3 is 6.03 Å². The molecule has 2 aliphatic rings. The van der Waals surface area contributed by atoms with E-state index in [4.69, 9.17) is 5.73 Å². The summed E-state index contributed by atoms with van der Waals surface area (Å²) in [4.78, 5) is 66.4. The highest BCUT2D eigenvalue weighted by atomic mass is 32.2. The van der Waals surface area contributed by atoms with E-state index in [1.54, 1.807) is 48.5 Å². The van der Waals surface area contributed by atoms with Crippen molar-refractivity contribution in [1.29, 1.82) is 0 Å². The van der Waals surface area contributed by atoms with Gasteiger partial charge in [0.15, 0.2) is 9.84 Å². The van der Waals surface area contributed by atoms with E-state index in [2.05, 4.69) is 16.0 Å². The number of nitrogens with one attached hydrogen (secondary N) is 3. The fraction of sp³-hybridized carbons (Fsp3) is 0.839. The van der Waals surface area contributed by atoms with Crippen LogP contribution in [0.4, 0.5) is 4.79 Å². The first-order chi connectivity index (χ1) is 20.1. The predicted octanol–water partition coefficient (Wildman–Crippen LogP) is 2.58. The van der Waals surface area contributed by atoms with E-state index >= 15 is 0 Å². The maximum atomic E-state index is 14.1. The highest BCUT2D eigenvalue weighted by Crippen LogP contribution is 2.34. The largest absolute Gasteiger partial charge is 0.363 e. The summed E-state index contributed by atoms with van der Waals surface area (Å²) in [5, 5.41) is 8.40. The first-order valence-electron chi connectivity index (χ1n) is 15.9. The Bertz CT molecular complexity index is 1180. The van der Waals surface area contributed by atoms with Crippen molar-refractivity contribution in [1.82, 2.24) is 20.9 Å². The maximum absolute atomic E-state index is 14.1. The zero-order valence-corrected chi connectivity index (χ0v) is 28.7. The summed E-state index contributed by atoms with van der Waals surface area (Å²) in [5.41, 5.74) is 3.49. The van der Waals surface area contributed by atoms with Crippen LogP contribution in [0.1, 0.15) is 113 Å². The summed E-state index contributed by atoms with van der Waals surface area (Å²) < 4.78 is 25.4. The van der Waals surface area contributed by atoms with Crippen LogP contribution in [0.15, 0.2) is 0 Å². The van der Waals surface area contributed by atoms with Gasteiger partial charge in [0.1, 0.15) is 12.1 Å². The number of amides is 5. The van der Waals surface area contributed by atoms with Crippen LogP contribution < -0.4 is 21.7 Å². The maximum Gasteiger partial charge on any atom is 0.315 e. The number of urea groups is 1. The average Bonchev–Trinajstić information content (AvgIpc) is 3.71. The molecule has 1 unspecified atom stereocenters. The Kier molecular flexibility index (Phi) is 12.4. The van der Waals surface area contributed by atoms with Crippen molar-refractivity contribution in [3.05, 3.63) is 0 Å². The summed E-state index contributed by atoms with van der Waals surface area (Å²) in [6.45, 7) is 13.9. The number of primary amides is 1. The highest BCUT2D eigenvalue weighted by Gasteiger charge is 2.44. The molecule has 44 heavy (non-hydrogen) atoms. The molecule has 0 radical (unpaired) electrons. The molecule has 0 aliphatic heterocycles. The topological polar surface area (TPSA) is 185 Å². The van der Waals surface area contributed by atoms with Crippen LogP contribution in [-0.2, 0) is 29.0 Å². The second-order valence-corrected chi connectivity index (χ2v) is 17.5. The molecule has 0 aromatic rings. The second kappa shape index (κ2) is 14.6. The number of ketones is 1. The molecular weight excluding hydrogens is 586 g/mol. The van der Waals surface area contributed by atoms with Gasteiger partial charge in [0.05, 0.1) is 22.1 Å². The van der Waals surface area contributed by atoms with Crippen molar-refractivity contribution >= 4 is 39.4 Å². The highest BCUT2D eigenvalue weighted by molar-refractivity contribution is 7.92. The number of hydrogen-bond donors (Lipinski definition) is 4. The van der Waals surface area contributed by atoms with Crippen LogP contribution in [0, 0.1) is 11.3 Å². The van der Waals surface area contributed by atoms with Crippen molar-refractivity contribution in [2.24, 2.45) is 17.1 Å². The number of rotatable bonds is 14. The molecule has 2 fully saturated rings. The molecule has 2 saturated carbocycles. The second-order valence-electron chi connectivity index (χ2n) is 14.8. The number of nitrogens with zero attached hydrogens (tertiary/aromatic N) is 1. The number of hydrogen-bond acceptors (Lipinski definition) is 7. The lowest BCUT2D eigenvalue weighted by atomic mass is 9.83. The SMILES string of the molecule is CCCN(C(=O)[C@@H](NC(=O)NC1(CS(=O)(=O)C(C)(C)C)CCCCC1)C(C)(C)C)[C@@H](C)C(=O)NC(CC1CC1)C(=O)C(N)=O. The Morgan fingerprint density at radius 3 is 1.98 bits per heavy atom. The van der Waals surface area contributed by atoms with Crippen molar-refractivity contribution in [2.75, 3.05) is 12.3 Å². The Hall–Kier alpha value is -2.70. The van der Waals surface area contributed by atoms with Crippen LogP contribution in [-0.4, -0.2) is 83.6 Å². The molecule has 0 saturated heterocycles. The summed E-state index contributed by atoms with van der Waals surface area (Å²) in [5.74, 6) is -3.06. The number of carbonyl (C=O) groups excluding carboxylic acids is 5. The van der Waals surface area contributed by atoms with Gasteiger partial charge in [-0.1, -0.05) is 59.8 Å². The molecule has 3 atom stereocenters. The minimum atomic E-state index is -3.56. The summed E-state index contributed by atoms with van der Waals surface area (Å²) in [6.07, 6.45) is 6.15. The first-order valence-corrected chi connectivity index (χ1v) is 17.5. The molecule has 2 rings (SSSR count). The first kappa shape index (κ1) is 37.5. The molecule has 0 aromatic heterocycles. The molecular formula is C31H55N5O7S. The van der Waals surface area contributed by atoms with Gasteiger partial charge in [-0.05, 0) is 64.7 Å². The molecule has 0 spiro atoms. The predicted molar refractivity (Wildman–Crippen MR) is 169 cm³/mol. The Morgan fingerprint density at radius 2 is 1.52 bits per heavy atom. The van der Waals surface area contributed by atoms with Gasteiger partial charge in [-0.3, -0.25) is 19.2 Å². The lowest BCUT2D eigenvalue weighted by molar-refractivity contribution is -0.144. The summed E-state index contributed by atoms with van der Waals surface area (Å²) >= 11 is 0. The van der Waals surface area contributed by atoms with Gasteiger partial charge in [0.2, 0.25) is 17.6 Å². The van der Waals surface area contributed by atoms with Gasteiger partial charge in [-0.2, -0.15) is 0 Å². The third-order valence-corrected chi connectivity index (χ3v) is 11.5.